The van der Waals surface area contributed by atoms with Crippen molar-refractivity contribution in [1.82, 2.24) is 0 Å². The lowest BCUT2D eigenvalue weighted by Gasteiger charge is -2.22. The molecule has 1 aromatic rings. The number of ether oxygens (including phenoxy) is 2. The summed E-state index contributed by atoms with van der Waals surface area (Å²) in [7, 11) is 1.72. The van der Waals surface area contributed by atoms with Gasteiger partial charge in [-0.05, 0) is 29.5 Å². The lowest BCUT2D eigenvalue weighted by molar-refractivity contribution is 0.187. The Morgan fingerprint density at radius 1 is 1.37 bits per heavy atom. The molecular weight excluding hydrogens is 238 g/mol. The lowest BCUT2D eigenvalue weighted by Crippen LogP contribution is -2.16. The average Bonchev–Trinajstić information content (AvgIpc) is 2.88. The molecule has 2 rings (SSSR count). The summed E-state index contributed by atoms with van der Waals surface area (Å²) in [4.78, 5) is 0. The van der Waals surface area contributed by atoms with Crippen LogP contribution >= 0.6 is 0 Å². The first-order chi connectivity index (χ1) is 9.00. The van der Waals surface area contributed by atoms with Crippen LogP contribution in [0.15, 0.2) is 18.2 Å². The van der Waals surface area contributed by atoms with Gasteiger partial charge in [0.05, 0.1) is 19.4 Å². The predicted molar refractivity (Wildman–Crippen MR) is 79.1 cm³/mol. The molecule has 1 saturated heterocycles. The number of rotatable bonds is 4. The Hall–Kier alpha value is -1.22. The third-order valence-corrected chi connectivity index (χ3v) is 3.67. The van der Waals surface area contributed by atoms with Crippen LogP contribution in [0.25, 0.3) is 0 Å². The molecule has 1 aliphatic rings. The highest BCUT2D eigenvalue weighted by Gasteiger charge is 2.18. The summed E-state index contributed by atoms with van der Waals surface area (Å²) in [5, 5.41) is 3.51. The van der Waals surface area contributed by atoms with E-state index in [-0.39, 0.29) is 5.41 Å². The van der Waals surface area contributed by atoms with Crippen LogP contribution in [0.4, 0.5) is 5.69 Å². The molecule has 0 saturated carbocycles. The van der Waals surface area contributed by atoms with Crippen molar-refractivity contribution in [2.24, 2.45) is 5.92 Å². The quantitative estimate of drug-likeness (QED) is 0.902. The van der Waals surface area contributed by atoms with E-state index < -0.39 is 0 Å². The van der Waals surface area contributed by atoms with Crippen LogP contribution in [0, 0.1) is 5.92 Å². The Morgan fingerprint density at radius 3 is 2.74 bits per heavy atom. The van der Waals surface area contributed by atoms with Crippen molar-refractivity contribution >= 4 is 5.69 Å². The summed E-state index contributed by atoms with van der Waals surface area (Å²) in [5.74, 6) is 1.52. The number of anilines is 1. The fraction of sp³-hybridized carbons (Fsp3) is 0.625. The van der Waals surface area contributed by atoms with E-state index in [4.69, 9.17) is 9.47 Å². The molecule has 19 heavy (non-hydrogen) atoms. The zero-order valence-corrected chi connectivity index (χ0v) is 12.5. The Morgan fingerprint density at radius 2 is 2.16 bits per heavy atom. The average molecular weight is 263 g/mol. The normalized spacial score (nSPS) is 19.5. The molecule has 0 radical (unpaired) electrons. The van der Waals surface area contributed by atoms with Gasteiger partial charge < -0.3 is 14.8 Å². The van der Waals surface area contributed by atoms with Gasteiger partial charge in [-0.25, -0.2) is 0 Å². The highest BCUT2D eigenvalue weighted by molar-refractivity contribution is 5.59. The third kappa shape index (κ3) is 3.63. The fourth-order valence-electron chi connectivity index (χ4n) is 2.31. The molecule has 0 amide bonds. The van der Waals surface area contributed by atoms with Gasteiger partial charge in [-0.1, -0.05) is 26.8 Å². The minimum Gasteiger partial charge on any atom is -0.495 e. The highest BCUT2D eigenvalue weighted by atomic mass is 16.5. The van der Waals surface area contributed by atoms with E-state index in [1.54, 1.807) is 7.11 Å². The molecule has 1 unspecified atom stereocenters. The number of nitrogens with one attached hydrogen (secondary N) is 1. The Labute approximate surface area is 116 Å². The molecule has 1 atom stereocenters. The second kappa shape index (κ2) is 5.83. The van der Waals surface area contributed by atoms with Crippen LogP contribution in [0.5, 0.6) is 5.75 Å². The molecule has 0 spiro atoms. The van der Waals surface area contributed by atoms with E-state index in [0.717, 1.165) is 37.6 Å². The number of hydrogen-bond donors (Lipinski definition) is 1. The van der Waals surface area contributed by atoms with E-state index in [1.165, 1.54) is 5.56 Å². The molecule has 1 aliphatic heterocycles. The second-order valence-corrected chi connectivity index (χ2v) is 6.28. The first kappa shape index (κ1) is 14.2. The molecule has 0 aromatic heterocycles. The molecule has 1 N–H and O–H groups in total. The largest absolute Gasteiger partial charge is 0.495 e. The van der Waals surface area contributed by atoms with Gasteiger partial charge in [0.1, 0.15) is 5.75 Å². The molecule has 1 aromatic carbocycles. The molecular formula is C16H25NO2. The standard InChI is InChI=1S/C16H25NO2/c1-16(2,3)13-5-6-15(18-4)14(9-13)17-10-12-7-8-19-11-12/h5-6,9,12,17H,7-8,10-11H2,1-4H3. The van der Waals surface area contributed by atoms with Crippen LogP contribution in [0.1, 0.15) is 32.8 Å². The van der Waals surface area contributed by atoms with Crippen molar-refractivity contribution in [3.63, 3.8) is 0 Å². The van der Waals surface area contributed by atoms with Crippen LogP contribution < -0.4 is 10.1 Å². The van der Waals surface area contributed by atoms with Crippen molar-refractivity contribution in [1.29, 1.82) is 0 Å². The maximum Gasteiger partial charge on any atom is 0.141 e. The van der Waals surface area contributed by atoms with Crippen molar-refractivity contribution in [3.05, 3.63) is 23.8 Å². The molecule has 1 heterocycles. The summed E-state index contributed by atoms with van der Waals surface area (Å²) < 4.78 is 10.8. The monoisotopic (exact) mass is 263 g/mol. The van der Waals surface area contributed by atoms with Crippen LogP contribution in [-0.2, 0) is 10.2 Å². The summed E-state index contributed by atoms with van der Waals surface area (Å²) in [5.41, 5.74) is 2.56. The molecule has 3 nitrogen and oxygen atoms in total. The number of hydrogen-bond acceptors (Lipinski definition) is 3. The van der Waals surface area contributed by atoms with Gasteiger partial charge in [0.15, 0.2) is 0 Å². The molecule has 106 valence electrons. The Bertz CT molecular complexity index is 417. The summed E-state index contributed by atoms with van der Waals surface area (Å²) in [6.07, 6.45) is 1.15. The number of benzene rings is 1. The van der Waals surface area contributed by atoms with Crippen molar-refractivity contribution in [2.45, 2.75) is 32.6 Å². The van der Waals surface area contributed by atoms with Crippen molar-refractivity contribution in [3.8, 4) is 5.75 Å². The second-order valence-electron chi connectivity index (χ2n) is 6.28. The Kier molecular flexibility index (Phi) is 4.35. The molecule has 1 fully saturated rings. The molecule has 0 bridgehead atoms. The van der Waals surface area contributed by atoms with E-state index >= 15 is 0 Å². The number of methoxy groups -OCH3 is 1. The van der Waals surface area contributed by atoms with Gasteiger partial charge >= 0.3 is 0 Å². The first-order valence-corrected chi connectivity index (χ1v) is 7.01. The van der Waals surface area contributed by atoms with E-state index in [2.05, 4.69) is 38.2 Å². The van der Waals surface area contributed by atoms with Crippen molar-refractivity contribution < 1.29 is 9.47 Å². The minimum absolute atomic E-state index is 0.152. The van der Waals surface area contributed by atoms with Gasteiger partial charge in [0, 0.05) is 19.1 Å². The summed E-state index contributed by atoms with van der Waals surface area (Å²) in [6, 6.07) is 6.39. The third-order valence-electron chi connectivity index (χ3n) is 3.67. The first-order valence-electron chi connectivity index (χ1n) is 7.01. The van der Waals surface area contributed by atoms with Gasteiger partial charge in [0.25, 0.3) is 0 Å². The maximum atomic E-state index is 5.43. The van der Waals surface area contributed by atoms with Gasteiger partial charge in [-0.15, -0.1) is 0 Å². The van der Waals surface area contributed by atoms with Crippen molar-refractivity contribution in [2.75, 3.05) is 32.2 Å². The van der Waals surface area contributed by atoms with Gasteiger partial charge in [-0.3, -0.25) is 0 Å². The topological polar surface area (TPSA) is 30.5 Å². The zero-order valence-electron chi connectivity index (χ0n) is 12.5. The maximum absolute atomic E-state index is 5.43. The predicted octanol–water partition coefficient (Wildman–Crippen LogP) is 3.44. The SMILES string of the molecule is COc1ccc(C(C)(C)C)cc1NCC1CCOC1. The molecule has 0 aliphatic carbocycles. The van der Waals surface area contributed by atoms with Gasteiger partial charge in [-0.2, -0.15) is 0 Å². The summed E-state index contributed by atoms with van der Waals surface area (Å²) in [6.45, 7) is 9.39. The van der Waals surface area contributed by atoms with Crippen LogP contribution in [-0.4, -0.2) is 26.9 Å². The fourth-order valence-corrected chi connectivity index (χ4v) is 2.31. The summed E-state index contributed by atoms with van der Waals surface area (Å²) >= 11 is 0. The van der Waals surface area contributed by atoms with Crippen LogP contribution in [0.2, 0.25) is 0 Å². The zero-order chi connectivity index (χ0) is 13.9. The van der Waals surface area contributed by atoms with E-state index in [9.17, 15) is 0 Å². The highest BCUT2D eigenvalue weighted by Crippen LogP contribution is 2.31. The smallest absolute Gasteiger partial charge is 0.141 e. The minimum atomic E-state index is 0.152. The lowest BCUT2D eigenvalue weighted by atomic mass is 9.87. The Balaban J connectivity index is 2.11. The molecule has 3 heteroatoms. The van der Waals surface area contributed by atoms with E-state index in [1.807, 2.05) is 6.07 Å². The van der Waals surface area contributed by atoms with Crippen LogP contribution in [0.3, 0.4) is 0 Å². The van der Waals surface area contributed by atoms with E-state index in [0.29, 0.717) is 5.92 Å². The van der Waals surface area contributed by atoms with Gasteiger partial charge in [0.2, 0.25) is 0 Å².